The molecule has 0 N–H and O–H groups in total. The Balaban J connectivity index is 1.55. The zero-order valence-electron chi connectivity index (χ0n) is 11.6. The van der Waals surface area contributed by atoms with Crippen LogP contribution >= 0.6 is 0 Å². The highest BCUT2D eigenvalue weighted by molar-refractivity contribution is 5.77. The molecule has 2 aliphatic rings. The molecule has 3 rings (SSSR count). The van der Waals surface area contributed by atoms with Crippen LogP contribution in [0.15, 0.2) is 12.4 Å². The van der Waals surface area contributed by atoms with Gasteiger partial charge in [0.25, 0.3) is 11.8 Å². The molecule has 1 aromatic heterocycles. The molecular formula is C14H19N3O3. The number of methoxy groups -OCH3 is 1. The third kappa shape index (κ3) is 3.00. The molecule has 1 aliphatic carbocycles. The van der Waals surface area contributed by atoms with Crippen molar-refractivity contribution in [2.45, 2.75) is 31.8 Å². The fraction of sp³-hybridized carbons (Fsp3) is 0.643. The maximum atomic E-state index is 12.0. The number of amides is 1. The minimum Gasteiger partial charge on any atom is -0.477 e. The second kappa shape index (κ2) is 5.64. The average molecular weight is 277 g/mol. The Morgan fingerprint density at radius 2 is 2.05 bits per heavy atom. The number of hydrogen-bond donors (Lipinski definition) is 0. The van der Waals surface area contributed by atoms with Crippen molar-refractivity contribution in [1.29, 1.82) is 0 Å². The van der Waals surface area contributed by atoms with Gasteiger partial charge in [-0.05, 0) is 18.8 Å². The number of rotatable bonds is 5. The lowest BCUT2D eigenvalue weighted by Crippen LogP contribution is -2.31. The van der Waals surface area contributed by atoms with E-state index in [0.717, 1.165) is 13.0 Å². The van der Waals surface area contributed by atoms with E-state index in [1.165, 1.54) is 20.0 Å². The maximum Gasteiger partial charge on any atom is 0.278 e. The van der Waals surface area contributed by atoms with Crippen LogP contribution in [0, 0.1) is 5.92 Å². The number of aromatic nitrogens is 2. The number of ether oxygens (including phenoxy) is 2. The minimum atomic E-state index is -0.0243. The van der Waals surface area contributed by atoms with E-state index in [2.05, 4.69) is 9.97 Å². The Morgan fingerprint density at radius 1 is 1.30 bits per heavy atom. The summed E-state index contributed by atoms with van der Waals surface area (Å²) < 4.78 is 10.9. The van der Waals surface area contributed by atoms with Gasteiger partial charge < -0.3 is 14.4 Å². The number of carbonyl (C=O) groups excluding carboxylic acids is 1. The van der Waals surface area contributed by atoms with E-state index in [0.29, 0.717) is 30.6 Å². The molecule has 0 aromatic carbocycles. The lowest BCUT2D eigenvalue weighted by molar-refractivity contribution is -0.130. The van der Waals surface area contributed by atoms with Crippen molar-refractivity contribution < 1.29 is 14.3 Å². The van der Waals surface area contributed by atoms with Crippen molar-refractivity contribution in [1.82, 2.24) is 14.9 Å². The van der Waals surface area contributed by atoms with Crippen LogP contribution in [0.5, 0.6) is 11.8 Å². The molecular weight excluding hydrogens is 258 g/mol. The van der Waals surface area contributed by atoms with Crippen molar-refractivity contribution >= 4 is 5.91 Å². The lowest BCUT2D eigenvalue weighted by atomic mass is 10.2. The molecule has 2 heterocycles. The minimum absolute atomic E-state index is 0.0243. The van der Waals surface area contributed by atoms with Crippen LogP contribution < -0.4 is 9.47 Å². The quantitative estimate of drug-likeness (QED) is 0.811. The van der Waals surface area contributed by atoms with E-state index in [-0.39, 0.29) is 12.0 Å². The Bertz CT molecular complexity index is 490. The van der Waals surface area contributed by atoms with Gasteiger partial charge in [-0.3, -0.25) is 4.79 Å². The fourth-order valence-electron chi connectivity index (χ4n) is 2.44. The first kappa shape index (κ1) is 13.1. The molecule has 1 saturated carbocycles. The molecule has 0 unspecified atom stereocenters. The van der Waals surface area contributed by atoms with Crippen molar-refractivity contribution in [3.8, 4) is 11.8 Å². The predicted molar refractivity (Wildman–Crippen MR) is 71.5 cm³/mol. The van der Waals surface area contributed by atoms with E-state index >= 15 is 0 Å². The van der Waals surface area contributed by atoms with Gasteiger partial charge in [0.15, 0.2) is 0 Å². The zero-order valence-corrected chi connectivity index (χ0v) is 11.6. The van der Waals surface area contributed by atoms with Gasteiger partial charge >= 0.3 is 0 Å². The number of carbonyl (C=O) groups is 1. The van der Waals surface area contributed by atoms with E-state index in [9.17, 15) is 4.79 Å². The lowest BCUT2D eigenvalue weighted by Gasteiger charge is -2.17. The summed E-state index contributed by atoms with van der Waals surface area (Å²) in [5.41, 5.74) is 0. The maximum absolute atomic E-state index is 12.0. The predicted octanol–water partition coefficient (Wildman–Crippen LogP) is 1.26. The molecule has 1 amide bonds. The smallest absolute Gasteiger partial charge is 0.278 e. The molecule has 2 fully saturated rings. The summed E-state index contributed by atoms with van der Waals surface area (Å²) in [5, 5.41) is 0. The third-order valence-corrected chi connectivity index (χ3v) is 3.76. The molecule has 1 aromatic rings. The SMILES string of the molecule is COc1nccnc1O[C@H]1CCN(C(=O)CC2CC2)C1. The molecule has 0 radical (unpaired) electrons. The van der Waals surface area contributed by atoms with Crippen molar-refractivity contribution in [2.75, 3.05) is 20.2 Å². The highest BCUT2D eigenvalue weighted by atomic mass is 16.5. The summed E-state index contributed by atoms with van der Waals surface area (Å²) in [5.74, 6) is 1.67. The second-order valence-corrected chi connectivity index (χ2v) is 5.39. The Kier molecular flexibility index (Phi) is 3.71. The van der Waals surface area contributed by atoms with Crippen LogP contribution in [0.25, 0.3) is 0 Å². The van der Waals surface area contributed by atoms with Crippen LogP contribution in [0.2, 0.25) is 0 Å². The van der Waals surface area contributed by atoms with Gasteiger partial charge in [-0.1, -0.05) is 0 Å². The molecule has 20 heavy (non-hydrogen) atoms. The third-order valence-electron chi connectivity index (χ3n) is 3.76. The van der Waals surface area contributed by atoms with Gasteiger partial charge in [0.2, 0.25) is 5.91 Å². The zero-order chi connectivity index (χ0) is 13.9. The first-order chi connectivity index (χ1) is 9.76. The molecule has 108 valence electrons. The van der Waals surface area contributed by atoms with Gasteiger partial charge in [0.1, 0.15) is 6.10 Å². The van der Waals surface area contributed by atoms with E-state index in [1.807, 2.05) is 4.90 Å². The molecule has 6 heteroatoms. The summed E-state index contributed by atoms with van der Waals surface area (Å²) in [6.07, 6.45) is 7.04. The standard InChI is InChI=1S/C14H19N3O3/c1-19-13-14(16-6-5-15-13)20-11-4-7-17(9-11)12(18)8-10-2-3-10/h5-6,10-11H,2-4,7-9H2,1H3/t11-/m0/s1. The largest absolute Gasteiger partial charge is 0.477 e. The normalized spacial score (nSPS) is 21.9. The van der Waals surface area contributed by atoms with E-state index in [4.69, 9.17) is 9.47 Å². The summed E-state index contributed by atoms with van der Waals surface area (Å²) in [7, 11) is 1.54. The molecule has 6 nitrogen and oxygen atoms in total. The van der Waals surface area contributed by atoms with Crippen molar-refractivity contribution in [3.63, 3.8) is 0 Å². The fourth-order valence-corrected chi connectivity index (χ4v) is 2.44. The summed E-state index contributed by atoms with van der Waals surface area (Å²) >= 11 is 0. The van der Waals surface area contributed by atoms with Gasteiger partial charge in [0, 0.05) is 31.8 Å². The highest BCUT2D eigenvalue weighted by Gasteiger charge is 2.32. The summed E-state index contributed by atoms with van der Waals surface area (Å²) in [4.78, 5) is 22.1. The summed E-state index contributed by atoms with van der Waals surface area (Å²) in [6, 6.07) is 0. The molecule has 0 bridgehead atoms. The van der Waals surface area contributed by atoms with Crippen LogP contribution in [-0.2, 0) is 4.79 Å². The number of nitrogens with zero attached hydrogens (tertiary/aromatic N) is 3. The van der Waals surface area contributed by atoms with Gasteiger partial charge in [-0.15, -0.1) is 0 Å². The van der Waals surface area contributed by atoms with Crippen LogP contribution in [0.4, 0.5) is 0 Å². The van der Waals surface area contributed by atoms with Crippen molar-refractivity contribution in [2.24, 2.45) is 5.92 Å². The molecule has 1 atom stereocenters. The monoisotopic (exact) mass is 277 g/mol. The average Bonchev–Trinajstić information content (AvgIpc) is 3.15. The van der Waals surface area contributed by atoms with Crippen LogP contribution in [0.1, 0.15) is 25.7 Å². The van der Waals surface area contributed by atoms with Gasteiger partial charge in [-0.2, -0.15) is 0 Å². The Hall–Kier alpha value is -1.85. The molecule has 1 saturated heterocycles. The first-order valence-electron chi connectivity index (χ1n) is 7.05. The highest BCUT2D eigenvalue weighted by Crippen LogP contribution is 2.33. The van der Waals surface area contributed by atoms with Gasteiger partial charge in [0.05, 0.1) is 13.7 Å². The van der Waals surface area contributed by atoms with Crippen LogP contribution in [0.3, 0.4) is 0 Å². The second-order valence-electron chi connectivity index (χ2n) is 5.39. The van der Waals surface area contributed by atoms with E-state index in [1.54, 1.807) is 12.4 Å². The number of likely N-dealkylation sites (tertiary alicyclic amines) is 1. The van der Waals surface area contributed by atoms with E-state index < -0.39 is 0 Å². The molecule has 1 aliphatic heterocycles. The van der Waals surface area contributed by atoms with Crippen molar-refractivity contribution in [3.05, 3.63) is 12.4 Å². The molecule has 0 spiro atoms. The Morgan fingerprint density at radius 3 is 2.75 bits per heavy atom. The van der Waals surface area contributed by atoms with Gasteiger partial charge in [-0.25, -0.2) is 9.97 Å². The number of hydrogen-bond acceptors (Lipinski definition) is 5. The summed E-state index contributed by atoms with van der Waals surface area (Å²) in [6.45, 7) is 1.39. The van der Waals surface area contributed by atoms with Crippen LogP contribution in [-0.4, -0.2) is 47.1 Å². The topological polar surface area (TPSA) is 64.6 Å². The first-order valence-corrected chi connectivity index (χ1v) is 7.05. The Labute approximate surface area is 118 Å².